The number of sulfonamides is 1. The van der Waals surface area contributed by atoms with Crippen LogP contribution >= 0.6 is 0 Å². The van der Waals surface area contributed by atoms with Crippen LogP contribution in [0.15, 0.2) is 68.8 Å². The van der Waals surface area contributed by atoms with E-state index in [2.05, 4.69) is 15.5 Å². The summed E-state index contributed by atoms with van der Waals surface area (Å²) < 4.78 is 55.7. The van der Waals surface area contributed by atoms with Crippen LogP contribution in [0.4, 0.5) is 6.01 Å². The van der Waals surface area contributed by atoms with Crippen molar-refractivity contribution in [3.8, 4) is 11.5 Å². The van der Waals surface area contributed by atoms with Crippen LogP contribution in [0, 0.1) is 5.92 Å². The lowest BCUT2D eigenvalue weighted by Gasteiger charge is -2.30. The Kier molecular flexibility index (Phi) is 6.32. The molecule has 10 nitrogen and oxygen atoms in total. The van der Waals surface area contributed by atoms with E-state index in [1.165, 1.54) is 40.7 Å². The smallest absolute Gasteiger partial charge is 0.322 e. The Morgan fingerprint density at radius 1 is 1.00 bits per heavy atom. The van der Waals surface area contributed by atoms with Crippen LogP contribution < -0.4 is 5.32 Å². The lowest BCUT2D eigenvalue weighted by molar-refractivity contribution is -0.121. The fraction of sp³-hybridized carbons (Fsp3) is 0.286. The third-order valence-corrected chi connectivity index (χ3v) is 8.33. The van der Waals surface area contributed by atoms with Crippen molar-refractivity contribution >= 4 is 31.8 Å². The first kappa shape index (κ1) is 23.1. The normalized spacial score (nSPS) is 17.5. The van der Waals surface area contributed by atoms with Crippen LogP contribution in [-0.4, -0.2) is 56.6 Å². The maximum atomic E-state index is 12.9. The van der Waals surface area contributed by atoms with Crippen LogP contribution in [0.2, 0.25) is 0 Å². The molecule has 12 heteroatoms. The molecule has 3 aromatic rings. The summed E-state index contributed by atoms with van der Waals surface area (Å²) in [5, 5.41) is 10.3. The molecule has 1 atom stereocenters. The second-order valence-corrected chi connectivity index (χ2v) is 11.7. The van der Waals surface area contributed by atoms with Crippen LogP contribution in [-0.2, 0) is 24.7 Å². The van der Waals surface area contributed by atoms with Gasteiger partial charge in [0.2, 0.25) is 21.8 Å². The van der Waals surface area contributed by atoms with E-state index in [0.717, 1.165) is 6.26 Å². The summed E-state index contributed by atoms with van der Waals surface area (Å²) in [6.07, 6.45) is 2.19. The number of hydrogen-bond acceptors (Lipinski definition) is 8. The number of amides is 1. The first-order valence-electron chi connectivity index (χ1n) is 10.1. The van der Waals surface area contributed by atoms with Crippen LogP contribution in [0.3, 0.4) is 0 Å². The molecule has 1 unspecified atom stereocenters. The molecule has 0 saturated carbocycles. The number of nitrogens with zero attached hydrogens (tertiary/aromatic N) is 3. The summed E-state index contributed by atoms with van der Waals surface area (Å²) in [6.45, 7) is 0.395. The largest absolute Gasteiger partial charge is 0.403 e. The molecule has 2 aromatic carbocycles. The van der Waals surface area contributed by atoms with E-state index in [0.29, 0.717) is 24.9 Å². The molecule has 0 spiro atoms. The zero-order chi connectivity index (χ0) is 23.6. The van der Waals surface area contributed by atoms with Crippen LogP contribution in [0.25, 0.3) is 11.5 Å². The zero-order valence-electron chi connectivity index (χ0n) is 17.7. The van der Waals surface area contributed by atoms with Crippen molar-refractivity contribution in [3.63, 3.8) is 0 Å². The van der Waals surface area contributed by atoms with Crippen molar-refractivity contribution < 1.29 is 26.0 Å². The molecule has 0 radical (unpaired) electrons. The zero-order valence-corrected chi connectivity index (χ0v) is 19.3. The van der Waals surface area contributed by atoms with E-state index < -0.39 is 31.7 Å². The summed E-state index contributed by atoms with van der Waals surface area (Å²) in [4.78, 5) is 13.1. The minimum atomic E-state index is -3.69. The van der Waals surface area contributed by atoms with Gasteiger partial charge in [-0.1, -0.05) is 23.3 Å². The summed E-state index contributed by atoms with van der Waals surface area (Å²) >= 11 is 0. The monoisotopic (exact) mass is 490 g/mol. The lowest BCUT2D eigenvalue weighted by Crippen LogP contribution is -2.43. The van der Waals surface area contributed by atoms with Gasteiger partial charge in [0, 0.05) is 24.9 Å². The maximum absolute atomic E-state index is 12.9. The number of rotatable bonds is 6. The first-order chi connectivity index (χ1) is 15.6. The number of benzene rings is 2. The van der Waals surface area contributed by atoms with Gasteiger partial charge in [0.1, 0.15) is 0 Å². The van der Waals surface area contributed by atoms with Crippen molar-refractivity contribution in [1.29, 1.82) is 0 Å². The standard InChI is InChI=1S/C21H22N4O6S2/c1-32(27,28)17-11-9-15(10-12-17)20-23-24-21(31-20)22-19(26)16-6-5-13-25(14-16)33(29,30)18-7-3-2-4-8-18/h2-4,7-12,16H,5-6,13-14H2,1H3,(H,22,24,26). The van der Waals surface area contributed by atoms with E-state index in [1.807, 2.05) is 0 Å². The molecular weight excluding hydrogens is 468 g/mol. The molecule has 0 aliphatic carbocycles. The van der Waals surface area contributed by atoms with Gasteiger partial charge >= 0.3 is 6.01 Å². The van der Waals surface area contributed by atoms with Gasteiger partial charge in [-0.15, -0.1) is 5.10 Å². The third kappa shape index (κ3) is 5.13. The van der Waals surface area contributed by atoms with Gasteiger partial charge in [-0.2, -0.15) is 4.31 Å². The lowest BCUT2D eigenvalue weighted by atomic mass is 9.99. The summed E-state index contributed by atoms with van der Waals surface area (Å²) in [5.74, 6) is -0.866. The van der Waals surface area contributed by atoms with Gasteiger partial charge in [0.25, 0.3) is 0 Å². The van der Waals surface area contributed by atoms with Gasteiger partial charge in [0.15, 0.2) is 9.84 Å². The Labute approximate surface area is 191 Å². The van der Waals surface area contributed by atoms with E-state index in [-0.39, 0.29) is 28.2 Å². The number of anilines is 1. The number of sulfone groups is 1. The Morgan fingerprint density at radius 2 is 1.70 bits per heavy atom. The van der Waals surface area contributed by atoms with Gasteiger partial charge in [-0.3, -0.25) is 10.1 Å². The number of nitrogens with one attached hydrogen (secondary N) is 1. The average molecular weight is 491 g/mol. The van der Waals surface area contributed by atoms with Gasteiger partial charge in [-0.25, -0.2) is 16.8 Å². The number of aromatic nitrogens is 2. The summed E-state index contributed by atoms with van der Waals surface area (Å²) in [7, 11) is -7.02. The molecule has 1 N–H and O–H groups in total. The Hall–Kier alpha value is -3.09. The average Bonchev–Trinajstić information content (AvgIpc) is 3.28. The fourth-order valence-electron chi connectivity index (χ4n) is 3.56. The van der Waals surface area contributed by atoms with Crippen molar-refractivity contribution in [1.82, 2.24) is 14.5 Å². The highest BCUT2D eigenvalue weighted by atomic mass is 32.2. The molecular formula is C21H22N4O6S2. The Bertz CT molecular complexity index is 1350. The second-order valence-electron chi connectivity index (χ2n) is 7.71. The van der Waals surface area contributed by atoms with Gasteiger partial charge in [-0.05, 0) is 49.2 Å². The second kappa shape index (κ2) is 9.04. The predicted molar refractivity (Wildman–Crippen MR) is 119 cm³/mol. The minimum Gasteiger partial charge on any atom is -0.403 e. The molecule has 4 rings (SSSR count). The highest BCUT2D eigenvalue weighted by molar-refractivity contribution is 7.90. The molecule has 33 heavy (non-hydrogen) atoms. The van der Waals surface area contributed by atoms with E-state index >= 15 is 0 Å². The Morgan fingerprint density at radius 3 is 2.36 bits per heavy atom. The maximum Gasteiger partial charge on any atom is 0.322 e. The molecule has 1 saturated heterocycles. The number of piperidine rings is 1. The Balaban J connectivity index is 1.43. The molecule has 1 aliphatic heterocycles. The molecule has 174 valence electrons. The summed E-state index contributed by atoms with van der Waals surface area (Å²) in [6, 6.07) is 13.9. The van der Waals surface area contributed by atoms with Crippen molar-refractivity contribution in [2.45, 2.75) is 22.6 Å². The van der Waals surface area contributed by atoms with Gasteiger partial charge < -0.3 is 4.42 Å². The van der Waals surface area contributed by atoms with Crippen LogP contribution in [0.1, 0.15) is 12.8 Å². The van der Waals surface area contributed by atoms with Gasteiger partial charge in [0.05, 0.1) is 15.7 Å². The predicted octanol–water partition coefficient (Wildman–Crippen LogP) is 2.18. The molecule has 1 fully saturated rings. The molecule has 0 bridgehead atoms. The number of carbonyl (C=O) groups is 1. The highest BCUT2D eigenvalue weighted by Crippen LogP contribution is 2.26. The number of carbonyl (C=O) groups excluding carboxylic acids is 1. The molecule has 1 amide bonds. The molecule has 2 heterocycles. The number of hydrogen-bond donors (Lipinski definition) is 1. The topological polar surface area (TPSA) is 140 Å². The highest BCUT2D eigenvalue weighted by Gasteiger charge is 2.33. The fourth-order valence-corrected chi connectivity index (χ4v) is 5.73. The van der Waals surface area contributed by atoms with Crippen molar-refractivity contribution in [2.24, 2.45) is 5.92 Å². The van der Waals surface area contributed by atoms with E-state index in [9.17, 15) is 21.6 Å². The molecule has 1 aliphatic rings. The first-order valence-corrected chi connectivity index (χ1v) is 13.5. The van der Waals surface area contributed by atoms with Crippen LogP contribution in [0.5, 0.6) is 0 Å². The van der Waals surface area contributed by atoms with Crippen molar-refractivity contribution in [3.05, 3.63) is 54.6 Å². The summed E-state index contributed by atoms with van der Waals surface area (Å²) in [5.41, 5.74) is 0.494. The SMILES string of the molecule is CS(=O)(=O)c1ccc(-c2nnc(NC(=O)C3CCCN(S(=O)(=O)c4ccccc4)C3)o2)cc1. The quantitative estimate of drug-likeness (QED) is 0.555. The van der Waals surface area contributed by atoms with Crippen molar-refractivity contribution in [2.75, 3.05) is 24.7 Å². The van der Waals surface area contributed by atoms with E-state index in [1.54, 1.807) is 18.2 Å². The molecule has 1 aromatic heterocycles. The third-order valence-electron chi connectivity index (χ3n) is 5.32. The minimum absolute atomic E-state index is 0.0526. The van der Waals surface area contributed by atoms with E-state index in [4.69, 9.17) is 4.42 Å².